The highest BCUT2D eigenvalue weighted by atomic mass is 16.2. The van der Waals surface area contributed by atoms with E-state index in [1.807, 2.05) is 72.6 Å². The summed E-state index contributed by atoms with van der Waals surface area (Å²) in [5.74, 6) is 0.0388. The van der Waals surface area contributed by atoms with Crippen LogP contribution in [0, 0.1) is 0 Å². The molecule has 1 amide bonds. The molecule has 1 aliphatic rings. The molecule has 0 fully saturated rings. The van der Waals surface area contributed by atoms with Crippen LogP contribution in [0.3, 0.4) is 0 Å². The lowest BCUT2D eigenvalue weighted by Gasteiger charge is -2.29. The zero-order valence-corrected chi connectivity index (χ0v) is 21.9. The van der Waals surface area contributed by atoms with E-state index in [-0.39, 0.29) is 5.91 Å². The molecule has 7 nitrogen and oxygen atoms in total. The molecule has 5 aromatic rings. The minimum Gasteiger partial charge on any atom is -0.334 e. The van der Waals surface area contributed by atoms with Crippen molar-refractivity contribution in [3.05, 3.63) is 119 Å². The van der Waals surface area contributed by atoms with Crippen LogP contribution in [0.15, 0.2) is 91.3 Å². The molecule has 6 rings (SSSR count). The molecule has 0 saturated carbocycles. The zero-order chi connectivity index (χ0) is 27.0. The van der Waals surface area contributed by atoms with Gasteiger partial charge in [-0.1, -0.05) is 54.6 Å². The van der Waals surface area contributed by atoms with Gasteiger partial charge in [0.1, 0.15) is 6.29 Å². The minimum absolute atomic E-state index is 0.0388. The number of nitrogens with zero attached hydrogens (tertiary/aromatic N) is 3. The maximum Gasteiger partial charge on any atom is 0.254 e. The fraction of sp³-hybridized carbons (Fsp3) is 0.188. The van der Waals surface area contributed by atoms with Crippen molar-refractivity contribution in [2.75, 3.05) is 20.1 Å². The molecule has 1 aliphatic heterocycles. The molecule has 0 atom stereocenters. The standard InChI is InChI=1S/C20H16N2O2.C12H15N3/c23-13-14-4-5-17-12-22(9-7-15(17)10-14)20(24)19-3-1-2-16-11-21-8-6-18(16)19;1-13-8-7-11-9-12(15-14-11)10-5-3-2-4-6-10/h1-6,8,10-11,13H,7,9,12H2;2-6,9,13H,7-8H2,1H3,(H,14,15). The number of aldehydes is 1. The highest BCUT2D eigenvalue weighted by molar-refractivity contribution is 6.06. The van der Waals surface area contributed by atoms with Crippen molar-refractivity contribution < 1.29 is 9.59 Å². The van der Waals surface area contributed by atoms with Crippen molar-refractivity contribution in [3.8, 4) is 11.3 Å². The largest absolute Gasteiger partial charge is 0.334 e. The third kappa shape index (κ3) is 6.10. The van der Waals surface area contributed by atoms with Gasteiger partial charge in [0, 0.05) is 66.2 Å². The van der Waals surface area contributed by atoms with Crippen LogP contribution in [0.1, 0.15) is 37.5 Å². The summed E-state index contributed by atoms with van der Waals surface area (Å²) in [5.41, 5.74) is 7.01. The number of fused-ring (bicyclic) bond motifs is 2. The Kier molecular flexibility index (Phi) is 8.19. The van der Waals surface area contributed by atoms with Crippen LogP contribution in [-0.2, 0) is 19.4 Å². The average Bonchev–Trinajstić information content (AvgIpc) is 3.49. The summed E-state index contributed by atoms with van der Waals surface area (Å²) >= 11 is 0. The summed E-state index contributed by atoms with van der Waals surface area (Å²) in [6, 6.07) is 25.6. The van der Waals surface area contributed by atoms with Gasteiger partial charge in [-0.25, -0.2) is 0 Å². The van der Waals surface area contributed by atoms with E-state index in [1.165, 1.54) is 5.69 Å². The molecule has 0 saturated heterocycles. The maximum atomic E-state index is 13.0. The maximum absolute atomic E-state index is 13.0. The zero-order valence-electron chi connectivity index (χ0n) is 21.9. The normalized spacial score (nSPS) is 12.4. The Bertz CT molecular complexity index is 1570. The second kappa shape index (κ2) is 12.3. The lowest BCUT2D eigenvalue weighted by Crippen LogP contribution is -2.36. The Morgan fingerprint density at radius 2 is 1.90 bits per heavy atom. The van der Waals surface area contributed by atoms with E-state index in [4.69, 9.17) is 0 Å². The van der Waals surface area contributed by atoms with Gasteiger partial charge in [0.2, 0.25) is 0 Å². The number of hydrogen-bond donors (Lipinski definition) is 2. The van der Waals surface area contributed by atoms with Crippen molar-refractivity contribution in [1.29, 1.82) is 0 Å². The van der Waals surface area contributed by atoms with E-state index in [1.54, 1.807) is 12.4 Å². The highest BCUT2D eigenvalue weighted by Gasteiger charge is 2.23. The van der Waals surface area contributed by atoms with Gasteiger partial charge in [-0.2, -0.15) is 5.10 Å². The number of aromatic nitrogens is 3. The van der Waals surface area contributed by atoms with Crippen LogP contribution in [0.4, 0.5) is 0 Å². The smallest absolute Gasteiger partial charge is 0.254 e. The number of pyridine rings is 1. The number of amides is 1. The monoisotopic (exact) mass is 517 g/mol. The lowest BCUT2D eigenvalue weighted by molar-refractivity contribution is 0.0736. The van der Waals surface area contributed by atoms with Crippen molar-refractivity contribution in [2.45, 2.75) is 19.4 Å². The van der Waals surface area contributed by atoms with Gasteiger partial charge in [-0.05, 0) is 54.2 Å². The molecule has 0 unspecified atom stereocenters. The second-order valence-electron chi connectivity index (χ2n) is 9.52. The Labute approximate surface area is 227 Å². The molecule has 0 bridgehead atoms. The van der Waals surface area contributed by atoms with E-state index in [0.717, 1.165) is 58.8 Å². The Hall–Kier alpha value is -4.62. The molecule has 0 aliphatic carbocycles. The summed E-state index contributed by atoms with van der Waals surface area (Å²) in [6.45, 7) is 2.21. The molecular formula is C32H31N5O2. The molecule has 0 radical (unpaired) electrons. The third-order valence-electron chi connectivity index (χ3n) is 6.92. The molecule has 2 N–H and O–H groups in total. The van der Waals surface area contributed by atoms with Crippen molar-refractivity contribution in [1.82, 2.24) is 25.4 Å². The van der Waals surface area contributed by atoms with Crippen molar-refractivity contribution in [3.63, 3.8) is 0 Å². The Morgan fingerprint density at radius 3 is 2.72 bits per heavy atom. The van der Waals surface area contributed by atoms with Gasteiger partial charge < -0.3 is 10.2 Å². The molecule has 3 aromatic carbocycles. The van der Waals surface area contributed by atoms with Crippen LogP contribution < -0.4 is 5.32 Å². The quantitative estimate of drug-likeness (QED) is 0.307. The van der Waals surface area contributed by atoms with E-state index >= 15 is 0 Å². The van der Waals surface area contributed by atoms with Crippen molar-refractivity contribution in [2.24, 2.45) is 0 Å². The molecule has 2 aromatic heterocycles. The highest BCUT2D eigenvalue weighted by Crippen LogP contribution is 2.24. The number of benzene rings is 3. The fourth-order valence-corrected chi connectivity index (χ4v) is 4.81. The Morgan fingerprint density at radius 1 is 1.03 bits per heavy atom. The van der Waals surface area contributed by atoms with E-state index in [2.05, 4.69) is 38.7 Å². The predicted octanol–water partition coefficient (Wildman–Crippen LogP) is 5.08. The first-order valence-electron chi connectivity index (χ1n) is 13.1. The summed E-state index contributed by atoms with van der Waals surface area (Å²) in [7, 11) is 1.95. The number of hydrogen-bond acceptors (Lipinski definition) is 5. The van der Waals surface area contributed by atoms with Gasteiger partial charge in [0.25, 0.3) is 5.91 Å². The molecule has 7 heteroatoms. The molecular weight excluding hydrogens is 486 g/mol. The number of carbonyl (C=O) groups excluding carboxylic acids is 2. The number of nitrogens with one attached hydrogen (secondary N) is 2. The average molecular weight is 518 g/mol. The summed E-state index contributed by atoms with van der Waals surface area (Å²) in [5, 5.41) is 12.4. The molecule has 0 spiro atoms. The number of H-pyrrole nitrogens is 1. The van der Waals surface area contributed by atoms with Gasteiger partial charge in [0.05, 0.1) is 5.69 Å². The summed E-state index contributed by atoms with van der Waals surface area (Å²) in [6.07, 6.45) is 6.11. The second-order valence-corrected chi connectivity index (χ2v) is 9.52. The SMILES string of the molecule is CNCCc1cc(-c2ccccc2)n[nH]1.O=Cc1ccc2c(c1)CCN(C(=O)c1cccc3cnccc13)C2. The molecule has 39 heavy (non-hydrogen) atoms. The van der Waals surface area contributed by atoms with Crippen LogP contribution in [0.2, 0.25) is 0 Å². The van der Waals surface area contributed by atoms with Crippen molar-refractivity contribution >= 4 is 23.0 Å². The minimum atomic E-state index is 0.0388. The van der Waals surface area contributed by atoms with Gasteiger partial charge in [-0.3, -0.25) is 19.7 Å². The lowest BCUT2D eigenvalue weighted by atomic mass is 9.96. The molecule has 3 heterocycles. The van der Waals surface area contributed by atoms with Gasteiger partial charge >= 0.3 is 0 Å². The third-order valence-corrected chi connectivity index (χ3v) is 6.92. The first-order valence-corrected chi connectivity index (χ1v) is 13.1. The number of carbonyl (C=O) groups is 2. The summed E-state index contributed by atoms with van der Waals surface area (Å²) < 4.78 is 0. The van der Waals surface area contributed by atoms with Gasteiger partial charge in [0.15, 0.2) is 0 Å². The molecule has 196 valence electrons. The topological polar surface area (TPSA) is 91.0 Å². The van der Waals surface area contributed by atoms with Crippen LogP contribution in [0.5, 0.6) is 0 Å². The van der Waals surface area contributed by atoms with E-state index < -0.39 is 0 Å². The van der Waals surface area contributed by atoms with E-state index in [0.29, 0.717) is 24.2 Å². The van der Waals surface area contributed by atoms with Crippen LogP contribution >= 0.6 is 0 Å². The van der Waals surface area contributed by atoms with E-state index in [9.17, 15) is 9.59 Å². The predicted molar refractivity (Wildman–Crippen MR) is 154 cm³/mol. The number of rotatable bonds is 6. The number of likely N-dealkylation sites (N-methyl/N-ethyl adjacent to an activating group) is 1. The number of aromatic amines is 1. The Balaban J connectivity index is 0.000000177. The van der Waals surface area contributed by atoms with Crippen LogP contribution in [0.25, 0.3) is 22.0 Å². The van der Waals surface area contributed by atoms with Gasteiger partial charge in [-0.15, -0.1) is 0 Å². The first-order chi connectivity index (χ1) is 19.2. The van der Waals surface area contributed by atoms with Crippen LogP contribution in [-0.4, -0.2) is 52.4 Å². The fourth-order valence-electron chi connectivity index (χ4n) is 4.81. The summed E-state index contributed by atoms with van der Waals surface area (Å²) in [4.78, 5) is 29.9. The first kappa shape index (κ1) is 26.0.